The molecule has 5 saturated carbocycles. The van der Waals surface area contributed by atoms with Gasteiger partial charge in [0, 0.05) is 189 Å². The highest BCUT2D eigenvalue weighted by atomic mass is 28.2. The minimum atomic E-state index is -0.700. The number of methoxy groups -OCH3 is 8. The molecule has 5 aliphatic rings. The van der Waals surface area contributed by atoms with Crippen LogP contribution in [0.3, 0.4) is 0 Å². The van der Waals surface area contributed by atoms with Crippen molar-refractivity contribution in [2.75, 3.05) is 136 Å². The maximum atomic E-state index is 10.8. The molecule has 0 aliphatic heterocycles. The van der Waals surface area contributed by atoms with E-state index in [0.29, 0.717) is 63.7 Å². The molecular formula is C76H174O24Si9. The number of esters is 2. The van der Waals surface area contributed by atoms with E-state index in [-0.39, 0.29) is 80.6 Å². The first kappa shape index (κ1) is 115. The molecule has 0 heterocycles. The molecule has 5 fully saturated rings. The van der Waals surface area contributed by atoms with Crippen LogP contribution in [0.2, 0.25) is 54.4 Å². The van der Waals surface area contributed by atoms with Crippen LogP contribution in [0.25, 0.3) is 0 Å². The minimum absolute atomic E-state index is 0.0391. The average Bonchev–Trinajstić information content (AvgIpc) is 0.901. The Morgan fingerprint density at radius 3 is 0.991 bits per heavy atom. The first-order valence-electron chi connectivity index (χ1n) is 42.5. The van der Waals surface area contributed by atoms with Gasteiger partial charge < -0.3 is 107 Å². The van der Waals surface area contributed by atoms with Gasteiger partial charge >= 0.3 is 11.9 Å². The van der Waals surface area contributed by atoms with E-state index < -0.39 is 24.4 Å². The number of rotatable bonds is 44. The van der Waals surface area contributed by atoms with Crippen molar-refractivity contribution in [3.05, 3.63) is 0 Å². The van der Waals surface area contributed by atoms with Gasteiger partial charge in [0.05, 0.1) is 102 Å². The normalized spacial score (nSPS) is 26.3. The fourth-order valence-electron chi connectivity index (χ4n) is 13.8. The van der Waals surface area contributed by atoms with Gasteiger partial charge in [-0.3, -0.25) is 9.59 Å². The van der Waals surface area contributed by atoms with Crippen molar-refractivity contribution in [2.24, 2.45) is 29.6 Å². The molecule has 0 amide bonds. The molecule has 0 aromatic carbocycles. The number of aliphatic hydroxyl groups excluding tert-OH is 8. The van der Waals surface area contributed by atoms with Crippen molar-refractivity contribution in [3.8, 4) is 0 Å². The molecule has 109 heavy (non-hydrogen) atoms. The molecule has 19 unspecified atom stereocenters. The van der Waals surface area contributed by atoms with E-state index in [0.717, 1.165) is 121 Å². The molecule has 0 saturated heterocycles. The molecule has 0 bridgehead atoms. The Balaban J connectivity index is -0.000000570. The van der Waals surface area contributed by atoms with Crippen LogP contribution >= 0.6 is 0 Å². The van der Waals surface area contributed by atoms with Crippen LogP contribution in [0.5, 0.6) is 0 Å². The van der Waals surface area contributed by atoms with E-state index in [2.05, 4.69) is 0 Å². The summed E-state index contributed by atoms with van der Waals surface area (Å²) in [7, 11) is 24.9. The minimum Gasteiger partial charge on any atom is -0.460 e. The van der Waals surface area contributed by atoms with Gasteiger partial charge in [-0.2, -0.15) is 0 Å². The predicted molar refractivity (Wildman–Crippen MR) is 474 cm³/mol. The number of hydrogen-bond donors (Lipinski definition) is 8. The smallest absolute Gasteiger partial charge is 0.302 e. The molecule has 8 N–H and O–H groups in total. The molecule has 5 rings (SSSR count). The largest absolute Gasteiger partial charge is 0.460 e. The lowest BCUT2D eigenvalue weighted by atomic mass is 9.83. The maximum absolute atomic E-state index is 10.8. The topological polar surface area (TPSA) is 325 Å². The molecule has 0 aromatic rings. The Hall–Kier alpha value is 0.0919. The quantitative estimate of drug-likeness (QED) is 0.0204. The molecule has 33 heteroatoms. The van der Waals surface area contributed by atoms with Crippen LogP contribution in [0, 0.1) is 29.6 Å². The summed E-state index contributed by atoms with van der Waals surface area (Å²) in [4.78, 5) is 21.5. The molecular weight excluding hydrogens is 1550 g/mol. The highest BCUT2D eigenvalue weighted by molar-refractivity contribution is 6.10. The first-order valence-corrected chi connectivity index (χ1v) is 55.3. The van der Waals surface area contributed by atoms with Crippen molar-refractivity contribution in [2.45, 2.75) is 308 Å². The zero-order valence-electron chi connectivity index (χ0n) is 72.9. The summed E-state index contributed by atoms with van der Waals surface area (Å²) < 4.78 is 72.0. The lowest BCUT2D eigenvalue weighted by Gasteiger charge is -2.34. The summed E-state index contributed by atoms with van der Waals surface area (Å²) in [5, 5.41) is 73.5. The third kappa shape index (κ3) is 67.7. The Bertz CT molecular complexity index is 1900. The van der Waals surface area contributed by atoms with E-state index in [1.807, 2.05) is 0 Å². The van der Waals surface area contributed by atoms with Crippen LogP contribution < -0.4 is 0 Å². The van der Waals surface area contributed by atoms with Gasteiger partial charge in [0.25, 0.3) is 0 Å². The lowest BCUT2D eigenvalue weighted by Crippen LogP contribution is -2.37. The summed E-state index contributed by atoms with van der Waals surface area (Å²) in [5.41, 5.74) is 0. The van der Waals surface area contributed by atoms with Crippen molar-refractivity contribution in [1.29, 1.82) is 0 Å². The van der Waals surface area contributed by atoms with E-state index >= 15 is 0 Å². The van der Waals surface area contributed by atoms with E-state index in [1.54, 1.807) is 56.9 Å². The van der Waals surface area contributed by atoms with Crippen LogP contribution in [0.4, 0.5) is 0 Å². The van der Waals surface area contributed by atoms with E-state index in [4.69, 9.17) is 86.7 Å². The van der Waals surface area contributed by atoms with E-state index in [1.165, 1.54) is 231 Å². The SMILES string of the molecule is CC(=O)OC1CC(CC[SiH3])CCC1O.CC(=O)OC1CCC(CC[SiH3])CC1O.COC(CO)COCCC[SiH3].COC1CC(CC[SiH3])CCC1O.COC1CCC(CC[SiH3])CC1O.COC1CCC(CC[SiH3])CC1OC.COCC(COCCC[SiH3])OC.COCC(O)COCCC[SiH3].OCC(O)COCCC[SiH3]. The van der Waals surface area contributed by atoms with Crippen molar-refractivity contribution in [1.82, 2.24) is 0 Å². The van der Waals surface area contributed by atoms with Gasteiger partial charge in [-0.25, -0.2) is 0 Å². The van der Waals surface area contributed by atoms with Crippen LogP contribution in [0.1, 0.15) is 168 Å². The highest BCUT2D eigenvalue weighted by Crippen LogP contribution is 2.34. The third-order valence-corrected chi connectivity index (χ3v) is 25.9. The second-order valence-electron chi connectivity index (χ2n) is 30.0. The van der Waals surface area contributed by atoms with Crippen LogP contribution in [-0.2, 0) is 75.9 Å². The van der Waals surface area contributed by atoms with Crippen molar-refractivity contribution >= 4 is 104 Å². The second kappa shape index (κ2) is 83.2. The Kier molecular flexibility index (Phi) is 88.1. The van der Waals surface area contributed by atoms with Gasteiger partial charge in [-0.1, -0.05) is 86.5 Å². The standard InChI is InChI=1S/2C10H20O3Si.C10H22O2Si.2C9H20O2Si.C8H20O3Si.2C7H18O3Si.C6H16O3Si/c1-7(11)13-10-3-2-8(4-5-14)6-9(10)12;1-7(11)13-10-6-8(4-5-14)2-3-9(10)12;1-11-9-4-3-8(5-6-13)7-10(9)12-2;1-11-9-3-2-7(4-5-12)6-8(9)10;1-11-9-6-7(4-5-12)2-3-8(9)10;1-9-6-8(10-2)7-11-4-3-5-12;1-9-5-7(8)6-10-3-2-4-11;1-9-7(5-8)6-10-3-2-4-11;7-4-6(8)5-9-2-1-3-10/h2*8-10,12H,2-6H2,1,14H3;8-10H,3-7H2,1-2,13H3;2*7-10H,2-6H2,1,12H3;8H,3-7H2,1-2,12H3;2*7-8H,2-6H2,1,11H3;6-8H,1-5H2,10H3. The molecule has 5 aliphatic carbocycles. The summed E-state index contributed by atoms with van der Waals surface area (Å²) in [6, 6.07) is 11.9. The van der Waals surface area contributed by atoms with Gasteiger partial charge in [-0.15, -0.1) is 0 Å². The van der Waals surface area contributed by atoms with Crippen molar-refractivity contribution < 1.29 is 117 Å². The molecule has 19 atom stereocenters. The Morgan fingerprint density at radius 1 is 0.330 bits per heavy atom. The number of hydrogen-bond acceptors (Lipinski definition) is 24. The molecule has 0 spiro atoms. The number of carbonyl (C=O) groups is 2. The molecule has 658 valence electrons. The molecule has 0 aromatic heterocycles. The number of carbonyl (C=O) groups excluding carboxylic acids is 2. The van der Waals surface area contributed by atoms with Gasteiger partial charge in [-0.05, 0) is 152 Å². The van der Waals surface area contributed by atoms with Gasteiger partial charge in [0.1, 0.15) is 36.6 Å². The average molecular weight is 1720 g/mol. The zero-order valence-corrected chi connectivity index (χ0v) is 90.9. The van der Waals surface area contributed by atoms with E-state index in [9.17, 15) is 30.0 Å². The highest BCUT2D eigenvalue weighted by Gasteiger charge is 2.34. The zero-order chi connectivity index (χ0) is 82.8. The summed E-state index contributed by atoms with van der Waals surface area (Å²) >= 11 is 0. The third-order valence-electron chi connectivity index (χ3n) is 20.2. The fraction of sp³-hybridized carbons (Fsp3) is 0.974. The van der Waals surface area contributed by atoms with Crippen LogP contribution in [0.15, 0.2) is 0 Å². The Morgan fingerprint density at radius 2 is 0.651 bits per heavy atom. The monoisotopic (exact) mass is 1720 g/mol. The Labute approximate surface area is 690 Å². The maximum Gasteiger partial charge on any atom is 0.302 e. The summed E-state index contributed by atoms with van der Waals surface area (Å²) in [6.07, 6.45) is 24.5. The number of ether oxygens (including phenoxy) is 14. The van der Waals surface area contributed by atoms with Crippen molar-refractivity contribution in [3.63, 3.8) is 0 Å². The predicted octanol–water partition coefficient (Wildman–Crippen LogP) is -1.10. The summed E-state index contributed by atoms with van der Waals surface area (Å²) in [5.74, 6) is 3.22. The fourth-order valence-corrected chi connectivity index (χ4v) is 19.0. The van der Waals surface area contributed by atoms with Gasteiger partial charge in [0.15, 0.2) is 0 Å². The first-order chi connectivity index (χ1) is 52.4. The summed E-state index contributed by atoms with van der Waals surface area (Å²) in [6.45, 7) is 8.55. The lowest BCUT2D eigenvalue weighted by molar-refractivity contribution is -0.157. The number of aliphatic hydroxyl groups is 8. The molecule has 24 nitrogen and oxygen atoms in total. The molecule has 0 radical (unpaired) electrons. The van der Waals surface area contributed by atoms with Crippen LogP contribution in [-0.4, -0.2) is 367 Å². The second-order valence-corrected chi connectivity index (χ2v) is 39.0. The van der Waals surface area contributed by atoms with Gasteiger partial charge in [0.2, 0.25) is 0 Å².